The molecule has 4 rings (SSSR count). The monoisotopic (exact) mass is 452 g/mol. The smallest absolute Gasteiger partial charge is 0.321 e. The van der Waals surface area contributed by atoms with Gasteiger partial charge in [-0.2, -0.15) is 0 Å². The molecule has 10 nitrogen and oxygen atoms in total. The van der Waals surface area contributed by atoms with E-state index in [1.165, 1.54) is 0 Å². The van der Waals surface area contributed by atoms with Crippen molar-refractivity contribution in [3.63, 3.8) is 0 Å². The first-order chi connectivity index (χ1) is 16.0. The van der Waals surface area contributed by atoms with Crippen LogP contribution in [-0.2, 0) is 0 Å². The Hall–Kier alpha value is -3.95. The summed E-state index contributed by atoms with van der Waals surface area (Å²) in [5.41, 5.74) is 0.569. The number of aryl methyl sites for hydroxylation is 1. The number of nitrogens with one attached hydrogen (secondary N) is 1. The van der Waals surface area contributed by atoms with Gasteiger partial charge in [0.15, 0.2) is 11.5 Å². The summed E-state index contributed by atoms with van der Waals surface area (Å²) in [6.07, 6.45) is 3.91. The van der Waals surface area contributed by atoms with E-state index in [4.69, 9.17) is 14.2 Å². The lowest BCUT2D eigenvalue weighted by molar-refractivity contribution is 0.208. The summed E-state index contributed by atoms with van der Waals surface area (Å²) in [5, 5.41) is 2.93. The average molecular weight is 453 g/mol. The first kappa shape index (κ1) is 22.3. The SMILES string of the molecule is COc1cc(NC(=O)N2CCN(c3cc(-n4cccc4)nc(C)n3)CC2)cc(OC)c1OC. The maximum absolute atomic E-state index is 12.9. The standard InChI is InChI=1S/C23H28N6O4/c1-16-24-20(27-7-5-6-8-27)15-21(25-16)28-9-11-29(12-10-28)23(30)26-17-13-18(31-2)22(33-4)19(14-17)32-3/h5-8,13-15H,9-12H2,1-4H3,(H,26,30). The summed E-state index contributed by atoms with van der Waals surface area (Å²) in [7, 11) is 4.62. The van der Waals surface area contributed by atoms with E-state index in [1.807, 2.05) is 42.1 Å². The Kier molecular flexibility index (Phi) is 6.53. The summed E-state index contributed by atoms with van der Waals surface area (Å²) >= 11 is 0. The third-order valence-electron chi connectivity index (χ3n) is 5.49. The number of carbonyl (C=O) groups excluding carboxylic acids is 1. The third-order valence-corrected chi connectivity index (χ3v) is 5.49. The predicted octanol–water partition coefficient (Wildman–Crippen LogP) is 2.96. The van der Waals surface area contributed by atoms with Gasteiger partial charge >= 0.3 is 6.03 Å². The molecule has 1 aromatic carbocycles. The van der Waals surface area contributed by atoms with Gasteiger partial charge in [-0.05, 0) is 19.1 Å². The Morgan fingerprint density at radius 3 is 2.06 bits per heavy atom. The molecule has 10 heteroatoms. The zero-order chi connectivity index (χ0) is 23.4. The molecule has 1 saturated heterocycles. The molecule has 0 aliphatic carbocycles. The van der Waals surface area contributed by atoms with Gasteiger partial charge in [0.1, 0.15) is 17.5 Å². The van der Waals surface area contributed by atoms with Gasteiger partial charge in [-0.25, -0.2) is 14.8 Å². The fraction of sp³-hybridized carbons (Fsp3) is 0.348. The van der Waals surface area contributed by atoms with Crippen molar-refractivity contribution in [3.8, 4) is 23.1 Å². The molecule has 33 heavy (non-hydrogen) atoms. The lowest BCUT2D eigenvalue weighted by Gasteiger charge is -2.35. The van der Waals surface area contributed by atoms with Crippen LogP contribution in [0.2, 0.25) is 0 Å². The minimum Gasteiger partial charge on any atom is -0.493 e. The minimum absolute atomic E-state index is 0.184. The van der Waals surface area contributed by atoms with Crippen LogP contribution in [0.5, 0.6) is 17.2 Å². The van der Waals surface area contributed by atoms with Gasteiger partial charge in [0.05, 0.1) is 27.0 Å². The fourth-order valence-corrected chi connectivity index (χ4v) is 3.81. The molecule has 0 spiro atoms. The van der Waals surface area contributed by atoms with Gasteiger partial charge in [0, 0.05) is 56.8 Å². The number of hydrogen-bond donors (Lipinski definition) is 1. The normalized spacial score (nSPS) is 13.6. The second-order valence-corrected chi connectivity index (χ2v) is 7.54. The highest BCUT2D eigenvalue weighted by Gasteiger charge is 2.23. The quantitative estimate of drug-likeness (QED) is 0.615. The van der Waals surface area contributed by atoms with Crippen LogP contribution in [0.1, 0.15) is 5.82 Å². The number of nitrogens with zero attached hydrogens (tertiary/aromatic N) is 5. The van der Waals surface area contributed by atoms with Crippen LogP contribution in [0.3, 0.4) is 0 Å². The first-order valence-corrected chi connectivity index (χ1v) is 10.6. The Bertz CT molecular complexity index is 1090. The number of benzene rings is 1. The molecule has 3 aromatic rings. The molecular weight excluding hydrogens is 424 g/mol. The molecule has 0 atom stereocenters. The number of urea groups is 1. The molecule has 1 N–H and O–H groups in total. The lowest BCUT2D eigenvalue weighted by Crippen LogP contribution is -2.50. The van der Waals surface area contributed by atoms with E-state index in [1.54, 1.807) is 38.4 Å². The molecule has 0 saturated carbocycles. The number of rotatable bonds is 6. The second-order valence-electron chi connectivity index (χ2n) is 7.54. The average Bonchev–Trinajstić information content (AvgIpc) is 3.38. The van der Waals surface area contributed by atoms with Gasteiger partial charge < -0.3 is 33.9 Å². The number of piperazine rings is 1. The van der Waals surface area contributed by atoms with Gasteiger partial charge in [-0.3, -0.25) is 0 Å². The van der Waals surface area contributed by atoms with Crippen molar-refractivity contribution < 1.29 is 19.0 Å². The third kappa shape index (κ3) is 4.79. The zero-order valence-corrected chi connectivity index (χ0v) is 19.2. The summed E-state index contributed by atoms with van der Waals surface area (Å²) in [5.74, 6) is 3.83. The number of methoxy groups -OCH3 is 3. The number of amides is 2. The number of anilines is 2. The Labute approximate surface area is 192 Å². The molecule has 2 aromatic heterocycles. The fourth-order valence-electron chi connectivity index (χ4n) is 3.81. The van der Waals surface area contributed by atoms with E-state index in [0.717, 1.165) is 11.6 Å². The lowest BCUT2D eigenvalue weighted by atomic mass is 10.2. The molecule has 2 amide bonds. The van der Waals surface area contributed by atoms with Gasteiger partial charge in [0.25, 0.3) is 0 Å². The number of aromatic nitrogens is 3. The molecule has 174 valence electrons. The van der Waals surface area contributed by atoms with Crippen molar-refractivity contribution in [2.45, 2.75) is 6.92 Å². The van der Waals surface area contributed by atoms with Crippen molar-refractivity contribution in [3.05, 3.63) is 48.5 Å². The maximum Gasteiger partial charge on any atom is 0.321 e. The molecule has 0 radical (unpaired) electrons. The largest absolute Gasteiger partial charge is 0.493 e. The molecule has 1 aliphatic rings. The highest BCUT2D eigenvalue weighted by atomic mass is 16.5. The Morgan fingerprint density at radius 2 is 1.48 bits per heavy atom. The van der Waals surface area contributed by atoms with Gasteiger partial charge in [-0.15, -0.1) is 0 Å². The first-order valence-electron chi connectivity index (χ1n) is 10.6. The summed E-state index contributed by atoms with van der Waals surface area (Å²) in [6.45, 7) is 4.36. The van der Waals surface area contributed by atoms with Crippen molar-refractivity contribution >= 4 is 17.5 Å². The summed E-state index contributed by atoms with van der Waals surface area (Å²) < 4.78 is 18.0. The molecular formula is C23H28N6O4. The van der Waals surface area contributed by atoms with Crippen LogP contribution >= 0.6 is 0 Å². The minimum atomic E-state index is -0.184. The van der Waals surface area contributed by atoms with Crippen molar-refractivity contribution in [2.24, 2.45) is 0 Å². The van der Waals surface area contributed by atoms with Gasteiger partial charge in [0.2, 0.25) is 5.75 Å². The number of ether oxygens (including phenoxy) is 3. The van der Waals surface area contributed by atoms with E-state index in [9.17, 15) is 4.79 Å². The summed E-state index contributed by atoms with van der Waals surface area (Å²) in [6, 6.07) is 9.13. The van der Waals surface area contributed by atoms with Gasteiger partial charge in [-0.1, -0.05) is 0 Å². The van der Waals surface area contributed by atoms with E-state index in [-0.39, 0.29) is 6.03 Å². The Morgan fingerprint density at radius 1 is 0.879 bits per heavy atom. The van der Waals surface area contributed by atoms with Crippen LogP contribution in [0.4, 0.5) is 16.3 Å². The second kappa shape index (κ2) is 9.68. The summed E-state index contributed by atoms with van der Waals surface area (Å²) in [4.78, 5) is 26.0. The maximum atomic E-state index is 12.9. The van der Waals surface area contributed by atoms with Crippen molar-refractivity contribution in [1.82, 2.24) is 19.4 Å². The van der Waals surface area contributed by atoms with E-state index in [2.05, 4.69) is 20.2 Å². The predicted molar refractivity (Wildman–Crippen MR) is 125 cm³/mol. The topological polar surface area (TPSA) is 94.0 Å². The van der Waals surface area contributed by atoms with Crippen molar-refractivity contribution in [1.29, 1.82) is 0 Å². The highest BCUT2D eigenvalue weighted by Crippen LogP contribution is 2.40. The van der Waals surface area contributed by atoms with Crippen molar-refractivity contribution in [2.75, 3.05) is 57.7 Å². The zero-order valence-electron chi connectivity index (χ0n) is 19.2. The molecule has 3 heterocycles. The van der Waals surface area contributed by atoms with Crippen LogP contribution in [-0.4, -0.2) is 73.0 Å². The molecule has 1 aliphatic heterocycles. The van der Waals surface area contributed by atoms with Crippen LogP contribution in [0, 0.1) is 6.92 Å². The molecule has 0 unspecified atom stereocenters. The highest BCUT2D eigenvalue weighted by molar-refractivity contribution is 5.90. The van der Waals surface area contributed by atoms with E-state index >= 15 is 0 Å². The molecule has 1 fully saturated rings. The number of hydrogen-bond acceptors (Lipinski definition) is 7. The van der Waals surface area contributed by atoms with Crippen LogP contribution in [0.25, 0.3) is 5.82 Å². The number of carbonyl (C=O) groups is 1. The van der Waals surface area contributed by atoms with Crippen LogP contribution < -0.4 is 24.4 Å². The van der Waals surface area contributed by atoms with E-state index < -0.39 is 0 Å². The van der Waals surface area contributed by atoms with E-state index in [0.29, 0.717) is 54.9 Å². The van der Waals surface area contributed by atoms with Crippen LogP contribution in [0.15, 0.2) is 42.7 Å². The molecule has 0 bridgehead atoms. The Balaban J connectivity index is 1.42.